The molecule has 86 valence electrons. The van der Waals surface area contributed by atoms with Gasteiger partial charge in [0.15, 0.2) is 0 Å². The summed E-state index contributed by atoms with van der Waals surface area (Å²) < 4.78 is 0. The summed E-state index contributed by atoms with van der Waals surface area (Å²) in [7, 11) is 0. The average Bonchev–Trinajstić information content (AvgIpc) is 2.75. The Hall–Kier alpha value is -0.610. The largest absolute Gasteiger partial charge is 0.391 e. The first kappa shape index (κ1) is 10.9. The van der Waals surface area contributed by atoms with Crippen LogP contribution in [0.5, 0.6) is 0 Å². The molecule has 2 rings (SSSR count). The summed E-state index contributed by atoms with van der Waals surface area (Å²) in [5.41, 5.74) is 5.89. The molecule has 0 radical (unpaired) electrons. The highest BCUT2D eigenvalue weighted by Crippen LogP contribution is 2.30. The van der Waals surface area contributed by atoms with Gasteiger partial charge in [0.25, 0.3) is 0 Å². The van der Waals surface area contributed by atoms with Gasteiger partial charge in [-0.05, 0) is 19.3 Å². The number of carbonyl (C=O) groups is 1. The molecule has 1 aliphatic carbocycles. The highest BCUT2D eigenvalue weighted by atomic mass is 16.3. The van der Waals surface area contributed by atoms with E-state index in [1.165, 1.54) is 0 Å². The second-order valence-corrected chi connectivity index (χ2v) is 5.03. The van der Waals surface area contributed by atoms with Gasteiger partial charge in [0.2, 0.25) is 5.91 Å². The van der Waals surface area contributed by atoms with Gasteiger partial charge in [0.1, 0.15) is 0 Å². The van der Waals surface area contributed by atoms with E-state index in [1.54, 1.807) is 4.90 Å². The Balaban J connectivity index is 1.86. The van der Waals surface area contributed by atoms with Crippen LogP contribution in [0.2, 0.25) is 0 Å². The molecule has 1 aliphatic heterocycles. The molecule has 1 saturated heterocycles. The second-order valence-electron chi connectivity index (χ2n) is 5.03. The summed E-state index contributed by atoms with van der Waals surface area (Å²) in [6.07, 6.45) is 5.07. The van der Waals surface area contributed by atoms with Gasteiger partial charge in [-0.15, -0.1) is 0 Å². The molecule has 0 aromatic carbocycles. The quantitative estimate of drug-likeness (QED) is 0.689. The minimum absolute atomic E-state index is 0.121. The van der Waals surface area contributed by atoms with Gasteiger partial charge in [-0.3, -0.25) is 4.79 Å². The maximum Gasteiger partial charge on any atom is 0.224 e. The van der Waals surface area contributed by atoms with Crippen LogP contribution in [-0.2, 0) is 4.79 Å². The molecule has 4 nitrogen and oxygen atoms in total. The Bertz CT molecular complexity index is 249. The molecule has 4 heteroatoms. The number of aliphatic hydroxyl groups excluding tert-OH is 1. The molecule has 1 amide bonds. The second kappa shape index (κ2) is 4.10. The molecule has 2 aliphatic rings. The van der Waals surface area contributed by atoms with Crippen molar-refractivity contribution in [2.75, 3.05) is 13.1 Å². The molecule has 2 fully saturated rings. The van der Waals surface area contributed by atoms with Gasteiger partial charge >= 0.3 is 0 Å². The van der Waals surface area contributed by atoms with Crippen LogP contribution in [0.25, 0.3) is 0 Å². The van der Waals surface area contributed by atoms with Crippen LogP contribution in [0.15, 0.2) is 0 Å². The number of hydrogen-bond acceptors (Lipinski definition) is 3. The summed E-state index contributed by atoms with van der Waals surface area (Å²) in [5.74, 6) is 0.121. The van der Waals surface area contributed by atoms with E-state index in [1.807, 2.05) is 0 Å². The third kappa shape index (κ3) is 2.49. The molecular weight excluding hydrogens is 192 g/mol. The van der Waals surface area contributed by atoms with Crippen LogP contribution in [0.1, 0.15) is 38.5 Å². The highest BCUT2D eigenvalue weighted by molar-refractivity contribution is 5.77. The van der Waals surface area contributed by atoms with Gasteiger partial charge in [-0.1, -0.05) is 12.8 Å². The SMILES string of the molecule is NC1(CC(=O)N2CC[C@@H](O)C2)CCCC1. The molecule has 0 aromatic rings. The third-order valence-corrected chi connectivity index (χ3v) is 3.62. The molecule has 0 unspecified atom stereocenters. The van der Waals surface area contributed by atoms with Crippen LogP contribution in [0.4, 0.5) is 0 Å². The predicted octanol–water partition coefficient (Wildman–Crippen LogP) is 0.241. The van der Waals surface area contributed by atoms with Crippen molar-refractivity contribution in [1.82, 2.24) is 4.90 Å². The van der Waals surface area contributed by atoms with Crippen molar-refractivity contribution in [2.45, 2.75) is 50.2 Å². The van der Waals surface area contributed by atoms with E-state index in [2.05, 4.69) is 0 Å². The van der Waals surface area contributed by atoms with Crippen molar-refractivity contribution in [2.24, 2.45) is 5.73 Å². The lowest BCUT2D eigenvalue weighted by Gasteiger charge is -2.26. The molecule has 1 heterocycles. The van der Waals surface area contributed by atoms with E-state index in [9.17, 15) is 9.90 Å². The molecule has 15 heavy (non-hydrogen) atoms. The van der Waals surface area contributed by atoms with E-state index in [-0.39, 0.29) is 17.6 Å². The van der Waals surface area contributed by atoms with Gasteiger partial charge in [-0.25, -0.2) is 0 Å². The van der Waals surface area contributed by atoms with Gasteiger partial charge in [0, 0.05) is 25.0 Å². The standard InChI is InChI=1S/C11H20N2O2/c12-11(4-1-2-5-11)7-10(15)13-6-3-9(14)8-13/h9,14H,1-8,12H2/t9-/m1/s1. The number of carbonyl (C=O) groups excluding carboxylic acids is 1. The Morgan fingerprint density at radius 2 is 2.13 bits per heavy atom. The number of amides is 1. The fraction of sp³-hybridized carbons (Fsp3) is 0.909. The van der Waals surface area contributed by atoms with Crippen molar-refractivity contribution in [3.63, 3.8) is 0 Å². The lowest BCUT2D eigenvalue weighted by Crippen LogP contribution is -2.43. The average molecular weight is 212 g/mol. The minimum Gasteiger partial charge on any atom is -0.391 e. The Labute approximate surface area is 90.4 Å². The maximum atomic E-state index is 11.9. The normalized spacial score (nSPS) is 29.7. The molecule has 0 aromatic heterocycles. The van der Waals surface area contributed by atoms with E-state index in [4.69, 9.17) is 5.73 Å². The highest BCUT2D eigenvalue weighted by Gasteiger charge is 2.34. The summed E-state index contributed by atoms with van der Waals surface area (Å²) >= 11 is 0. The van der Waals surface area contributed by atoms with Crippen molar-refractivity contribution in [3.8, 4) is 0 Å². The van der Waals surface area contributed by atoms with Gasteiger partial charge in [0.05, 0.1) is 6.10 Å². The van der Waals surface area contributed by atoms with Gasteiger partial charge in [-0.2, -0.15) is 0 Å². The summed E-state index contributed by atoms with van der Waals surface area (Å²) in [5, 5.41) is 9.35. The van der Waals surface area contributed by atoms with Crippen LogP contribution in [0.3, 0.4) is 0 Å². The monoisotopic (exact) mass is 212 g/mol. The molecule has 0 spiro atoms. The Morgan fingerprint density at radius 1 is 1.47 bits per heavy atom. The number of nitrogens with zero attached hydrogens (tertiary/aromatic N) is 1. The van der Waals surface area contributed by atoms with E-state index >= 15 is 0 Å². The zero-order chi connectivity index (χ0) is 10.9. The first-order valence-corrected chi connectivity index (χ1v) is 5.84. The molecule has 1 atom stereocenters. The zero-order valence-electron chi connectivity index (χ0n) is 9.11. The van der Waals surface area contributed by atoms with Crippen molar-refractivity contribution < 1.29 is 9.90 Å². The van der Waals surface area contributed by atoms with Crippen molar-refractivity contribution in [1.29, 1.82) is 0 Å². The fourth-order valence-corrected chi connectivity index (χ4v) is 2.64. The number of hydrogen-bond donors (Lipinski definition) is 2. The summed E-state index contributed by atoms with van der Waals surface area (Å²) in [6.45, 7) is 1.19. The lowest BCUT2D eigenvalue weighted by atomic mass is 9.94. The fourth-order valence-electron chi connectivity index (χ4n) is 2.64. The van der Waals surface area contributed by atoms with E-state index in [0.29, 0.717) is 25.9 Å². The van der Waals surface area contributed by atoms with E-state index in [0.717, 1.165) is 25.7 Å². The summed E-state index contributed by atoms with van der Waals surface area (Å²) in [4.78, 5) is 13.6. The predicted molar refractivity (Wildman–Crippen MR) is 57.2 cm³/mol. The van der Waals surface area contributed by atoms with Crippen LogP contribution < -0.4 is 5.73 Å². The van der Waals surface area contributed by atoms with Crippen molar-refractivity contribution in [3.05, 3.63) is 0 Å². The maximum absolute atomic E-state index is 11.9. The molecule has 3 N–H and O–H groups in total. The molecular formula is C11H20N2O2. The lowest BCUT2D eigenvalue weighted by molar-refractivity contribution is -0.131. The first-order valence-electron chi connectivity index (χ1n) is 5.84. The molecule has 1 saturated carbocycles. The number of aliphatic hydroxyl groups is 1. The number of rotatable bonds is 2. The van der Waals surface area contributed by atoms with Crippen LogP contribution >= 0.6 is 0 Å². The smallest absolute Gasteiger partial charge is 0.224 e. The number of nitrogens with two attached hydrogens (primary N) is 1. The third-order valence-electron chi connectivity index (χ3n) is 3.62. The summed E-state index contributed by atoms with van der Waals surface area (Å²) in [6, 6.07) is 0. The molecule has 0 bridgehead atoms. The number of likely N-dealkylation sites (tertiary alicyclic amines) is 1. The van der Waals surface area contributed by atoms with Crippen LogP contribution in [0, 0.1) is 0 Å². The topological polar surface area (TPSA) is 66.6 Å². The number of β-amino-alcohol motifs (C(OH)–C–C–N with tert-alkyl or cyclic N) is 1. The first-order chi connectivity index (χ1) is 7.09. The van der Waals surface area contributed by atoms with Gasteiger partial charge < -0.3 is 15.7 Å². The van der Waals surface area contributed by atoms with E-state index < -0.39 is 0 Å². The Morgan fingerprint density at radius 3 is 2.67 bits per heavy atom. The Kier molecular flexibility index (Phi) is 2.98. The minimum atomic E-state index is -0.328. The zero-order valence-corrected chi connectivity index (χ0v) is 9.11. The van der Waals surface area contributed by atoms with Crippen molar-refractivity contribution >= 4 is 5.91 Å². The van der Waals surface area contributed by atoms with Crippen LogP contribution in [-0.4, -0.2) is 40.6 Å².